The minimum Gasteiger partial charge on any atom is -0.374 e. The number of thioether (sulfide) groups is 1. The van der Waals surface area contributed by atoms with Crippen molar-refractivity contribution in [3.63, 3.8) is 0 Å². The van der Waals surface area contributed by atoms with Gasteiger partial charge in [0.15, 0.2) is 5.11 Å². The van der Waals surface area contributed by atoms with E-state index in [0.717, 1.165) is 30.2 Å². The lowest BCUT2D eigenvalue weighted by molar-refractivity contribution is 0.774. The van der Waals surface area contributed by atoms with Gasteiger partial charge in [-0.25, -0.2) is 0 Å². The third-order valence-electron chi connectivity index (χ3n) is 2.70. The highest BCUT2D eigenvalue weighted by molar-refractivity contribution is 7.97. The van der Waals surface area contributed by atoms with Gasteiger partial charge in [0.1, 0.15) is 5.82 Å². The van der Waals surface area contributed by atoms with Crippen LogP contribution in [0.15, 0.2) is 0 Å². The molecule has 0 fully saturated rings. The first-order valence-electron chi connectivity index (χ1n) is 5.37. The van der Waals surface area contributed by atoms with Gasteiger partial charge >= 0.3 is 0 Å². The molecule has 4 nitrogen and oxygen atoms in total. The van der Waals surface area contributed by atoms with Gasteiger partial charge in [-0.1, -0.05) is 0 Å². The van der Waals surface area contributed by atoms with E-state index in [4.69, 9.17) is 18.0 Å². The quantitative estimate of drug-likeness (QED) is 0.787. The minimum atomic E-state index is 0.318. The highest BCUT2D eigenvalue weighted by Gasteiger charge is 2.20. The molecule has 3 N–H and O–H groups in total. The maximum absolute atomic E-state index is 5.68. The monoisotopic (exact) mass is 256 g/mol. The second-order valence-electron chi connectivity index (χ2n) is 3.84. The first kappa shape index (κ1) is 11.7. The highest BCUT2D eigenvalue weighted by Crippen LogP contribution is 2.26. The van der Waals surface area contributed by atoms with Crippen LogP contribution in [0.5, 0.6) is 0 Å². The lowest BCUT2D eigenvalue weighted by atomic mass is 10.1. The zero-order valence-corrected chi connectivity index (χ0v) is 11.0. The number of hydrogen-bond donors (Lipinski definition) is 2. The molecular formula is C10H16N4S2. The number of hydrogen-bond acceptors (Lipinski definition) is 4. The fourth-order valence-electron chi connectivity index (χ4n) is 1.99. The Balaban J connectivity index is 2.44. The number of fused-ring (bicyclic) bond motifs is 1. The van der Waals surface area contributed by atoms with E-state index in [-0.39, 0.29) is 0 Å². The third kappa shape index (κ3) is 2.17. The third-order valence-corrected chi connectivity index (χ3v) is 3.44. The standard InChI is InChI=1S/C10H16N4S2/c1-16-6-8-7-4-2-3-5-12-9(7)14(13-8)10(11)15/h12H,2-6H2,1H3,(H2,11,15). The molecule has 0 unspecified atom stereocenters. The van der Waals surface area contributed by atoms with Crippen molar-refractivity contribution in [1.82, 2.24) is 9.78 Å². The summed E-state index contributed by atoms with van der Waals surface area (Å²) in [6.07, 6.45) is 5.53. The van der Waals surface area contributed by atoms with Crippen molar-refractivity contribution < 1.29 is 0 Å². The van der Waals surface area contributed by atoms with Crippen LogP contribution in [0.3, 0.4) is 0 Å². The number of nitrogens with zero attached hydrogens (tertiary/aromatic N) is 2. The average Bonchev–Trinajstić information content (AvgIpc) is 2.46. The van der Waals surface area contributed by atoms with Gasteiger partial charge in [0, 0.05) is 17.9 Å². The van der Waals surface area contributed by atoms with E-state index in [9.17, 15) is 0 Å². The van der Waals surface area contributed by atoms with Crippen LogP contribution < -0.4 is 11.1 Å². The van der Waals surface area contributed by atoms with Crippen LogP contribution in [0.25, 0.3) is 0 Å². The summed E-state index contributed by atoms with van der Waals surface area (Å²) >= 11 is 6.79. The number of aromatic nitrogens is 2. The second-order valence-corrected chi connectivity index (χ2v) is 5.13. The van der Waals surface area contributed by atoms with E-state index < -0.39 is 0 Å². The molecule has 16 heavy (non-hydrogen) atoms. The van der Waals surface area contributed by atoms with Gasteiger partial charge in [-0.3, -0.25) is 0 Å². The van der Waals surface area contributed by atoms with Gasteiger partial charge in [-0.05, 0) is 37.7 Å². The van der Waals surface area contributed by atoms with Crippen LogP contribution in [0.1, 0.15) is 24.1 Å². The molecule has 1 aromatic heterocycles. The Bertz CT molecular complexity index is 400. The summed E-state index contributed by atoms with van der Waals surface area (Å²) in [5.41, 5.74) is 8.09. The molecule has 2 heterocycles. The van der Waals surface area contributed by atoms with E-state index in [0.29, 0.717) is 5.11 Å². The number of rotatable bonds is 2. The van der Waals surface area contributed by atoms with Crippen molar-refractivity contribution in [2.24, 2.45) is 5.73 Å². The van der Waals surface area contributed by atoms with Crippen LogP contribution >= 0.6 is 24.0 Å². The number of nitrogens with one attached hydrogen (secondary N) is 1. The Kier molecular flexibility index (Phi) is 3.70. The van der Waals surface area contributed by atoms with Gasteiger partial charge in [0.2, 0.25) is 0 Å². The molecule has 0 saturated heterocycles. The summed E-state index contributed by atoms with van der Waals surface area (Å²) < 4.78 is 1.67. The molecule has 0 aromatic carbocycles. The first-order chi connectivity index (χ1) is 7.74. The lowest BCUT2D eigenvalue weighted by Crippen LogP contribution is -2.23. The van der Waals surface area contributed by atoms with E-state index in [1.807, 2.05) is 0 Å². The van der Waals surface area contributed by atoms with Gasteiger partial charge in [-0.2, -0.15) is 21.5 Å². The topological polar surface area (TPSA) is 55.9 Å². The zero-order chi connectivity index (χ0) is 11.5. The van der Waals surface area contributed by atoms with E-state index in [1.165, 1.54) is 18.4 Å². The van der Waals surface area contributed by atoms with Crippen LogP contribution in [-0.4, -0.2) is 27.7 Å². The molecule has 2 rings (SSSR count). The van der Waals surface area contributed by atoms with Crippen LogP contribution in [-0.2, 0) is 12.2 Å². The number of nitrogens with two attached hydrogens (primary N) is 1. The average molecular weight is 256 g/mol. The molecule has 6 heteroatoms. The lowest BCUT2D eigenvalue weighted by Gasteiger charge is -2.06. The molecule has 0 aliphatic carbocycles. The van der Waals surface area contributed by atoms with Crippen LogP contribution in [0.4, 0.5) is 5.82 Å². The predicted octanol–water partition coefficient (Wildman–Crippen LogP) is 1.59. The van der Waals surface area contributed by atoms with Crippen LogP contribution in [0, 0.1) is 0 Å². The van der Waals surface area contributed by atoms with Crippen molar-refractivity contribution in [2.75, 3.05) is 18.1 Å². The number of thiocarbonyl (C=S) groups is 1. The molecule has 0 spiro atoms. The fourth-order valence-corrected chi connectivity index (χ4v) is 2.62. The van der Waals surface area contributed by atoms with Crippen molar-refractivity contribution >= 4 is 34.9 Å². The normalized spacial score (nSPS) is 15.1. The molecule has 0 radical (unpaired) electrons. The Hall–Kier alpha value is -0.750. The van der Waals surface area contributed by atoms with Gasteiger partial charge in [0.05, 0.1) is 5.69 Å². The molecule has 1 aromatic rings. The molecular weight excluding hydrogens is 240 g/mol. The summed E-state index contributed by atoms with van der Waals surface area (Å²) in [6, 6.07) is 0. The molecule has 1 aliphatic heterocycles. The van der Waals surface area contributed by atoms with E-state index in [2.05, 4.69) is 16.7 Å². The van der Waals surface area contributed by atoms with Gasteiger partial charge < -0.3 is 11.1 Å². The zero-order valence-electron chi connectivity index (χ0n) is 9.32. The molecule has 0 atom stereocenters. The molecule has 0 bridgehead atoms. The molecule has 0 amide bonds. The Morgan fingerprint density at radius 1 is 1.62 bits per heavy atom. The van der Waals surface area contributed by atoms with Gasteiger partial charge in [-0.15, -0.1) is 0 Å². The predicted molar refractivity (Wildman–Crippen MR) is 73.1 cm³/mol. The maximum atomic E-state index is 5.68. The van der Waals surface area contributed by atoms with Crippen LogP contribution in [0.2, 0.25) is 0 Å². The molecule has 0 saturated carbocycles. The molecule has 88 valence electrons. The highest BCUT2D eigenvalue weighted by atomic mass is 32.2. The Labute approximate surface area is 105 Å². The summed E-state index contributed by atoms with van der Waals surface area (Å²) in [4.78, 5) is 0. The minimum absolute atomic E-state index is 0.318. The Morgan fingerprint density at radius 2 is 2.44 bits per heavy atom. The SMILES string of the molecule is CSCc1nn(C(N)=S)c2c1CCCCN2. The summed E-state index contributed by atoms with van der Waals surface area (Å²) in [7, 11) is 0. The summed E-state index contributed by atoms with van der Waals surface area (Å²) in [6.45, 7) is 0.972. The van der Waals surface area contributed by atoms with Crippen molar-refractivity contribution in [1.29, 1.82) is 0 Å². The van der Waals surface area contributed by atoms with E-state index >= 15 is 0 Å². The second kappa shape index (κ2) is 5.05. The van der Waals surface area contributed by atoms with Gasteiger partial charge in [0.25, 0.3) is 0 Å². The number of anilines is 1. The van der Waals surface area contributed by atoms with E-state index in [1.54, 1.807) is 16.4 Å². The Morgan fingerprint density at radius 3 is 3.12 bits per heavy atom. The molecule has 1 aliphatic rings. The first-order valence-corrected chi connectivity index (χ1v) is 7.17. The largest absolute Gasteiger partial charge is 0.374 e. The van der Waals surface area contributed by atoms with Crippen molar-refractivity contribution in [3.05, 3.63) is 11.3 Å². The maximum Gasteiger partial charge on any atom is 0.193 e. The van der Waals surface area contributed by atoms with Crippen molar-refractivity contribution in [2.45, 2.75) is 25.0 Å². The fraction of sp³-hybridized carbons (Fsp3) is 0.600. The summed E-state index contributed by atoms with van der Waals surface area (Å²) in [5.74, 6) is 1.92. The summed E-state index contributed by atoms with van der Waals surface area (Å²) in [5, 5.41) is 8.19. The van der Waals surface area contributed by atoms with Crippen molar-refractivity contribution in [3.8, 4) is 0 Å². The smallest absolute Gasteiger partial charge is 0.193 e.